The van der Waals surface area contributed by atoms with Crippen LogP contribution in [0.4, 0.5) is 5.69 Å². The van der Waals surface area contributed by atoms with Crippen LogP contribution in [0, 0.1) is 0 Å². The number of hydrogen-bond donors (Lipinski definition) is 1. The number of carbonyl (C=O) groups is 1. The van der Waals surface area contributed by atoms with Crippen molar-refractivity contribution in [2.45, 2.75) is 6.42 Å². The molecule has 6 heteroatoms. The van der Waals surface area contributed by atoms with E-state index in [0.717, 1.165) is 44.8 Å². The summed E-state index contributed by atoms with van der Waals surface area (Å²) in [6.07, 6.45) is 2.80. The second kappa shape index (κ2) is 8.94. The molecule has 3 rings (SSSR count). The molecule has 0 unspecified atom stereocenters. The van der Waals surface area contributed by atoms with E-state index in [9.17, 15) is 4.79 Å². The van der Waals surface area contributed by atoms with Gasteiger partial charge in [-0.25, -0.2) is 0 Å². The summed E-state index contributed by atoms with van der Waals surface area (Å²) in [5.41, 5.74) is 1.80. The van der Waals surface area contributed by atoms with E-state index in [1.165, 1.54) is 0 Å². The lowest BCUT2D eigenvalue weighted by Crippen LogP contribution is -2.49. The van der Waals surface area contributed by atoms with Crippen LogP contribution in [0.3, 0.4) is 0 Å². The van der Waals surface area contributed by atoms with Crippen molar-refractivity contribution in [3.8, 4) is 0 Å². The Hall–Kier alpha value is -1.95. The number of pyridine rings is 1. The van der Waals surface area contributed by atoms with Crippen LogP contribution >= 0.6 is 11.6 Å². The van der Waals surface area contributed by atoms with Crippen LogP contribution in [0.2, 0.25) is 5.02 Å². The van der Waals surface area contributed by atoms with E-state index in [4.69, 9.17) is 11.6 Å². The summed E-state index contributed by atoms with van der Waals surface area (Å²) in [6.45, 7) is 5.17. The molecular formula is C19H23ClN4O. The summed E-state index contributed by atoms with van der Waals surface area (Å²) in [7, 11) is 0. The van der Waals surface area contributed by atoms with Crippen LogP contribution in [-0.4, -0.2) is 60.0 Å². The molecule has 0 spiro atoms. The van der Waals surface area contributed by atoms with Gasteiger partial charge in [-0.05, 0) is 24.3 Å². The number of benzene rings is 1. The van der Waals surface area contributed by atoms with Crippen molar-refractivity contribution >= 4 is 23.2 Å². The molecule has 0 bridgehead atoms. The van der Waals surface area contributed by atoms with Gasteiger partial charge in [0.15, 0.2) is 0 Å². The Balaban J connectivity index is 1.39. The molecule has 1 amide bonds. The normalized spacial score (nSPS) is 15.9. The highest BCUT2D eigenvalue weighted by atomic mass is 35.5. The highest BCUT2D eigenvalue weighted by Gasteiger charge is 2.19. The zero-order valence-electron chi connectivity index (χ0n) is 14.2. The molecule has 1 aliphatic rings. The van der Waals surface area contributed by atoms with E-state index in [0.29, 0.717) is 17.3 Å². The molecular weight excluding hydrogens is 336 g/mol. The Morgan fingerprint density at radius 3 is 2.48 bits per heavy atom. The number of amides is 1. The van der Waals surface area contributed by atoms with Gasteiger partial charge in [0, 0.05) is 51.0 Å². The van der Waals surface area contributed by atoms with Gasteiger partial charge in [0.2, 0.25) is 5.91 Å². The Labute approximate surface area is 153 Å². The standard InChI is InChI=1S/C19H23ClN4O/c20-17-6-1-2-7-18(17)22-19(25)15-24-13-11-23(12-14-24)10-8-16-5-3-4-9-21-16/h1-7,9H,8,10-15H2,(H,22,25). The lowest BCUT2D eigenvalue weighted by atomic mass is 10.2. The number of carbonyl (C=O) groups excluding carboxylic acids is 1. The van der Waals surface area contributed by atoms with Crippen LogP contribution < -0.4 is 5.32 Å². The van der Waals surface area contributed by atoms with Crippen LogP contribution in [0.1, 0.15) is 5.69 Å². The zero-order valence-corrected chi connectivity index (χ0v) is 15.0. The second-order valence-corrected chi connectivity index (χ2v) is 6.62. The first-order valence-electron chi connectivity index (χ1n) is 8.60. The fourth-order valence-corrected chi connectivity index (χ4v) is 3.13. The van der Waals surface area contributed by atoms with Crippen LogP contribution in [0.5, 0.6) is 0 Å². The minimum atomic E-state index is -0.0185. The minimum Gasteiger partial charge on any atom is -0.324 e. The second-order valence-electron chi connectivity index (χ2n) is 6.22. The van der Waals surface area contributed by atoms with Crippen LogP contribution in [0.25, 0.3) is 0 Å². The first kappa shape index (κ1) is 17.9. The maximum absolute atomic E-state index is 12.2. The molecule has 5 nitrogen and oxygen atoms in total. The number of nitrogens with zero attached hydrogens (tertiary/aromatic N) is 3. The third kappa shape index (κ3) is 5.53. The first-order chi connectivity index (χ1) is 12.2. The smallest absolute Gasteiger partial charge is 0.238 e. The molecule has 0 saturated carbocycles. The van der Waals surface area contributed by atoms with Crippen molar-refractivity contribution in [1.82, 2.24) is 14.8 Å². The van der Waals surface area contributed by atoms with Gasteiger partial charge in [0.1, 0.15) is 0 Å². The SMILES string of the molecule is O=C(CN1CCN(CCc2ccccn2)CC1)Nc1ccccc1Cl. The Bertz CT molecular complexity index is 687. The molecule has 2 heterocycles. The molecule has 0 atom stereocenters. The Morgan fingerprint density at radius 1 is 1.04 bits per heavy atom. The topological polar surface area (TPSA) is 48.5 Å². The summed E-state index contributed by atoms with van der Waals surface area (Å²) in [4.78, 5) is 21.2. The van der Waals surface area contributed by atoms with Crippen molar-refractivity contribution in [2.75, 3.05) is 44.6 Å². The fourth-order valence-electron chi connectivity index (χ4n) is 2.95. The molecule has 132 valence electrons. The molecule has 1 aliphatic heterocycles. The van der Waals surface area contributed by atoms with E-state index >= 15 is 0 Å². The number of aromatic nitrogens is 1. The molecule has 1 aromatic carbocycles. The number of halogens is 1. The number of hydrogen-bond acceptors (Lipinski definition) is 4. The summed E-state index contributed by atoms with van der Waals surface area (Å²) in [5.74, 6) is -0.0185. The van der Waals surface area contributed by atoms with Crippen LogP contribution in [-0.2, 0) is 11.2 Å². The van der Waals surface area contributed by atoms with Gasteiger partial charge in [-0.15, -0.1) is 0 Å². The largest absolute Gasteiger partial charge is 0.324 e. The van der Waals surface area contributed by atoms with E-state index in [-0.39, 0.29) is 5.91 Å². The monoisotopic (exact) mass is 358 g/mol. The summed E-state index contributed by atoms with van der Waals surface area (Å²) in [5, 5.41) is 3.45. The van der Waals surface area contributed by atoms with Gasteiger partial charge in [-0.1, -0.05) is 29.8 Å². The summed E-state index contributed by atoms with van der Waals surface area (Å²) >= 11 is 6.08. The predicted molar refractivity (Wildman–Crippen MR) is 101 cm³/mol. The van der Waals surface area contributed by atoms with E-state index in [1.54, 1.807) is 6.07 Å². The molecule has 1 aromatic heterocycles. The van der Waals surface area contributed by atoms with Gasteiger partial charge in [0.25, 0.3) is 0 Å². The number of nitrogens with one attached hydrogen (secondary N) is 1. The Kier molecular flexibility index (Phi) is 6.39. The lowest BCUT2D eigenvalue weighted by Gasteiger charge is -2.34. The van der Waals surface area contributed by atoms with E-state index in [1.807, 2.05) is 36.5 Å². The van der Waals surface area contributed by atoms with Crippen LogP contribution in [0.15, 0.2) is 48.7 Å². The molecule has 25 heavy (non-hydrogen) atoms. The van der Waals surface area contributed by atoms with Crippen molar-refractivity contribution < 1.29 is 4.79 Å². The molecule has 2 aromatic rings. The predicted octanol–water partition coefficient (Wildman–Crippen LogP) is 2.53. The first-order valence-corrected chi connectivity index (χ1v) is 8.97. The highest BCUT2D eigenvalue weighted by Crippen LogP contribution is 2.20. The molecule has 0 aliphatic carbocycles. The summed E-state index contributed by atoms with van der Waals surface area (Å²) < 4.78 is 0. The third-order valence-electron chi connectivity index (χ3n) is 4.39. The number of anilines is 1. The lowest BCUT2D eigenvalue weighted by molar-refractivity contribution is -0.117. The number of para-hydroxylation sites is 1. The van der Waals surface area contributed by atoms with Crippen molar-refractivity contribution in [2.24, 2.45) is 0 Å². The van der Waals surface area contributed by atoms with Crippen molar-refractivity contribution in [1.29, 1.82) is 0 Å². The zero-order chi connectivity index (χ0) is 17.5. The van der Waals surface area contributed by atoms with Crippen molar-refractivity contribution in [3.05, 3.63) is 59.4 Å². The highest BCUT2D eigenvalue weighted by molar-refractivity contribution is 6.33. The molecule has 1 N–H and O–H groups in total. The summed E-state index contributed by atoms with van der Waals surface area (Å²) in [6, 6.07) is 13.3. The number of piperazine rings is 1. The molecule has 1 saturated heterocycles. The van der Waals surface area contributed by atoms with Crippen molar-refractivity contribution in [3.63, 3.8) is 0 Å². The van der Waals surface area contributed by atoms with E-state index in [2.05, 4.69) is 26.2 Å². The average molecular weight is 359 g/mol. The molecule has 0 radical (unpaired) electrons. The van der Waals surface area contributed by atoms with Gasteiger partial charge < -0.3 is 10.2 Å². The van der Waals surface area contributed by atoms with Gasteiger partial charge >= 0.3 is 0 Å². The Morgan fingerprint density at radius 2 is 1.76 bits per heavy atom. The maximum atomic E-state index is 12.2. The number of rotatable bonds is 6. The fraction of sp³-hybridized carbons (Fsp3) is 0.368. The van der Waals surface area contributed by atoms with E-state index < -0.39 is 0 Å². The van der Waals surface area contributed by atoms with Gasteiger partial charge in [-0.3, -0.25) is 14.7 Å². The minimum absolute atomic E-state index is 0.0185. The van der Waals surface area contributed by atoms with Gasteiger partial charge in [0.05, 0.1) is 17.3 Å². The maximum Gasteiger partial charge on any atom is 0.238 e. The van der Waals surface area contributed by atoms with Gasteiger partial charge in [-0.2, -0.15) is 0 Å². The average Bonchev–Trinajstić information content (AvgIpc) is 2.64. The quantitative estimate of drug-likeness (QED) is 0.862. The third-order valence-corrected chi connectivity index (χ3v) is 4.72. The molecule has 1 fully saturated rings.